The third-order valence-electron chi connectivity index (χ3n) is 13.1. The molecular formula is C48H72O13. The lowest BCUT2D eigenvalue weighted by Crippen LogP contribution is -2.64. The van der Waals surface area contributed by atoms with Crippen molar-refractivity contribution >= 4 is 0 Å². The quantitative estimate of drug-likeness (QED) is 0.0570. The number of aliphatic hydroxyl groups is 7. The predicted molar refractivity (Wildman–Crippen MR) is 229 cm³/mol. The van der Waals surface area contributed by atoms with Crippen LogP contribution in [-0.2, 0) is 28.4 Å². The molecule has 2 fully saturated rings. The molecule has 6 aliphatic rings. The molecule has 0 aromatic heterocycles. The molecule has 7 N–H and O–H groups in total. The van der Waals surface area contributed by atoms with Crippen LogP contribution in [0.3, 0.4) is 0 Å². The molecule has 0 amide bonds. The van der Waals surface area contributed by atoms with Gasteiger partial charge in [-0.05, 0) is 47.1 Å². The second-order valence-electron chi connectivity index (χ2n) is 17.4. The van der Waals surface area contributed by atoms with Gasteiger partial charge in [0, 0.05) is 25.6 Å². The molecule has 0 aromatic carbocycles. The van der Waals surface area contributed by atoms with Crippen LogP contribution in [0.1, 0.15) is 96.3 Å². The lowest BCUT2D eigenvalue weighted by molar-refractivity contribution is -0.360. The number of rotatable bonds is 27. The lowest BCUT2D eigenvalue weighted by Gasteiger charge is -2.46. The van der Waals surface area contributed by atoms with Crippen molar-refractivity contribution < 1.29 is 64.2 Å². The summed E-state index contributed by atoms with van der Waals surface area (Å²) in [4.78, 5) is 0. The first-order valence-electron chi connectivity index (χ1n) is 23.0. The van der Waals surface area contributed by atoms with E-state index in [1.54, 1.807) is 11.1 Å². The van der Waals surface area contributed by atoms with Gasteiger partial charge in [0.25, 0.3) is 0 Å². The highest BCUT2D eigenvalue weighted by atomic mass is 16.7. The molecule has 61 heavy (non-hydrogen) atoms. The molecule has 342 valence electrons. The second-order valence-corrected chi connectivity index (χ2v) is 17.4. The van der Waals surface area contributed by atoms with Crippen molar-refractivity contribution in [2.75, 3.05) is 40.1 Å². The highest BCUT2D eigenvalue weighted by molar-refractivity contribution is 5.61. The van der Waals surface area contributed by atoms with Crippen molar-refractivity contribution in [2.24, 2.45) is 11.8 Å². The number of aliphatic hydroxyl groups excluding tert-OH is 7. The molecule has 0 saturated carbocycles. The van der Waals surface area contributed by atoms with Crippen LogP contribution in [0.15, 0.2) is 82.5 Å². The van der Waals surface area contributed by atoms with Crippen LogP contribution in [0.4, 0.5) is 0 Å². The molecule has 13 heteroatoms. The van der Waals surface area contributed by atoms with Crippen molar-refractivity contribution in [1.29, 1.82) is 0 Å². The van der Waals surface area contributed by atoms with Crippen LogP contribution in [0.2, 0.25) is 0 Å². The smallest absolute Gasteiger partial charge is 0.187 e. The van der Waals surface area contributed by atoms with E-state index in [0.717, 1.165) is 12.8 Å². The van der Waals surface area contributed by atoms with Gasteiger partial charge in [-0.2, -0.15) is 0 Å². The standard InChI is InChI=1S/C48H72O13/c1-56-35(30-58-47-45(55)43(53)46(38(28-50)60-47)61-48-44(54)42(52)41(51)37(27-49)59-48)29-57-26-15-13-11-9-7-5-3-2-4-6-8-10-12-14-17-31-20-21-34-23-22-32-18-16-19-33-24-25-36(31)40(34)39(32)33/h16,18-25,35,37-55H,2-15,17,26-30H2,1H3/t35?,37-,38-,39?,40?,41+,42+,43-,44-,45-,46-,47-,48+/m1/s1. The molecule has 4 aliphatic carbocycles. The van der Waals surface area contributed by atoms with Crippen LogP contribution in [0.5, 0.6) is 0 Å². The highest BCUT2D eigenvalue weighted by Gasteiger charge is 2.51. The third kappa shape index (κ3) is 12.7. The van der Waals surface area contributed by atoms with E-state index < -0.39 is 80.7 Å². The fourth-order valence-corrected chi connectivity index (χ4v) is 9.43. The molecule has 3 unspecified atom stereocenters. The Kier molecular flexibility index (Phi) is 19.4. The van der Waals surface area contributed by atoms with Gasteiger partial charge < -0.3 is 64.2 Å². The predicted octanol–water partition coefficient (Wildman–Crippen LogP) is 4.54. The number of unbranched alkanes of at least 4 members (excludes halogenated alkanes) is 13. The zero-order valence-corrected chi connectivity index (χ0v) is 35.9. The van der Waals surface area contributed by atoms with Crippen LogP contribution in [-0.4, -0.2) is 143 Å². The fourth-order valence-electron chi connectivity index (χ4n) is 9.43. The third-order valence-corrected chi connectivity index (χ3v) is 13.1. The van der Waals surface area contributed by atoms with Gasteiger partial charge in [0.05, 0.1) is 26.4 Å². The molecule has 13 atom stereocenters. The summed E-state index contributed by atoms with van der Waals surface area (Å²) in [6, 6.07) is 0. The van der Waals surface area contributed by atoms with E-state index in [9.17, 15) is 35.7 Å². The van der Waals surface area contributed by atoms with Gasteiger partial charge in [0.2, 0.25) is 0 Å². The Morgan fingerprint density at radius 2 is 1.13 bits per heavy atom. The molecule has 0 spiro atoms. The number of ether oxygens (including phenoxy) is 6. The van der Waals surface area contributed by atoms with E-state index in [1.807, 2.05) is 0 Å². The molecule has 0 radical (unpaired) electrons. The summed E-state index contributed by atoms with van der Waals surface area (Å²) in [7, 11) is 1.52. The average molecular weight is 857 g/mol. The summed E-state index contributed by atoms with van der Waals surface area (Å²) in [6.45, 7) is -0.482. The van der Waals surface area contributed by atoms with Crippen molar-refractivity contribution in [1.82, 2.24) is 0 Å². The first kappa shape index (κ1) is 48.1. The summed E-state index contributed by atoms with van der Waals surface area (Å²) in [5, 5.41) is 71.4. The van der Waals surface area contributed by atoms with E-state index in [-0.39, 0.29) is 13.2 Å². The zero-order chi connectivity index (χ0) is 43.1. The lowest BCUT2D eigenvalue weighted by atomic mass is 9.63. The fraction of sp³-hybridized carbons (Fsp3) is 0.708. The van der Waals surface area contributed by atoms with Crippen molar-refractivity contribution in [3.63, 3.8) is 0 Å². The maximum absolute atomic E-state index is 10.8. The van der Waals surface area contributed by atoms with Crippen molar-refractivity contribution in [3.8, 4) is 0 Å². The molecule has 2 heterocycles. The van der Waals surface area contributed by atoms with Crippen LogP contribution in [0.25, 0.3) is 0 Å². The Balaban J connectivity index is 0.735. The largest absolute Gasteiger partial charge is 0.394 e. The molecule has 2 saturated heterocycles. The average Bonchev–Trinajstić information content (AvgIpc) is 3.28. The number of methoxy groups -OCH3 is 1. The Morgan fingerprint density at radius 3 is 1.79 bits per heavy atom. The Hall–Kier alpha value is -2.34. The van der Waals surface area contributed by atoms with Gasteiger partial charge in [0.15, 0.2) is 12.6 Å². The first-order chi connectivity index (χ1) is 29.7. The van der Waals surface area contributed by atoms with Crippen molar-refractivity contribution in [3.05, 3.63) is 82.5 Å². The van der Waals surface area contributed by atoms with E-state index in [2.05, 4.69) is 54.7 Å². The second kappa shape index (κ2) is 24.6. The normalized spacial score (nSPS) is 33.3. The summed E-state index contributed by atoms with van der Waals surface area (Å²) in [5.74, 6) is 1.00. The van der Waals surface area contributed by atoms with Gasteiger partial charge in [-0.1, -0.05) is 132 Å². The van der Waals surface area contributed by atoms with E-state index >= 15 is 0 Å². The molecule has 2 aliphatic heterocycles. The molecule has 6 rings (SSSR count). The maximum atomic E-state index is 10.8. The molecule has 13 nitrogen and oxygen atoms in total. The van der Waals surface area contributed by atoms with Crippen LogP contribution in [0, 0.1) is 11.8 Å². The summed E-state index contributed by atoms with van der Waals surface area (Å²) < 4.78 is 33.6. The van der Waals surface area contributed by atoms with Gasteiger partial charge in [0.1, 0.15) is 54.9 Å². The molecule has 0 aromatic rings. The summed E-state index contributed by atoms with van der Waals surface area (Å²) in [6.07, 6.45) is 24.2. The molecular weight excluding hydrogens is 785 g/mol. The minimum atomic E-state index is -1.74. The summed E-state index contributed by atoms with van der Waals surface area (Å²) in [5.41, 5.74) is 7.46. The summed E-state index contributed by atoms with van der Waals surface area (Å²) >= 11 is 0. The minimum absolute atomic E-state index is 0.0210. The van der Waals surface area contributed by atoms with Crippen molar-refractivity contribution in [2.45, 2.75) is 164 Å². The van der Waals surface area contributed by atoms with Crippen LogP contribution >= 0.6 is 0 Å². The van der Waals surface area contributed by atoms with Gasteiger partial charge in [-0.25, -0.2) is 0 Å². The minimum Gasteiger partial charge on any atom is -0.394 e. The number of hydrogen-bond donors (Lipinski definition) is 7. The maximum Gasteiger partial charge on any atom is 0.187 e. The van der Waals surface area contributed by atoms with Crippen LogP contribution < -0.4 is 0 Å². The first-order valence-corrected chi connectivity index (χ1v) is 23.0. The van der Waals surface area contributed by atoms with Gasteiger partial charge >= 0.3 is 0 Å². The molecule has 0 bridgehead atoms. The highest BCUT2D eigenvalue weighted by Crippen LogP contribution is 2.50. The SMILES string of the molecule is COC(COCCCCCCCCCCCCCCCCC1=C2C=CC3=CC=CC4=CC=C(C=C1)C2C34)CO[C@@H]1O[C@H](CO)[C@@H](O[C@@H]2O[C@H](CO)[C@H](O)[C@H](O)[C@H]2O)[C@H](O)[C@H]1O. The number of allylic oxidation sites excluding steroid dienone is 14. The topological polar surface area (TPSA) is 197 Å². The van der Waals surface area contributed by atoms with E-state index in [1.165, 1.54) is 107 Å². The number of hydrogen-bond acceptors (Lipinski definition) is 13. The Bertz CT molecular complexity index is 1580. The zero-order valence-electron chi connectivity index (χ0n) is 35.9. The van der Waals surface area contributed by atoms with E-state index in [0.29, 0.717) is 18.4 Å². The monoisotopic (exact) mass is 856 g/mol. The Morgan fingerprint density at radius 1 is 0.557 bits per heavy atom. The van der Waals surface area contributed by atoms with E-state index in [4.69, 9.17) is 28.4 Å². The van der Waals surface area contributed by atoms with Gasteiger partial charge in [-0.3, -0.25) is 0 Å². The van der Waals surface area contributed by atoms with Gasteiger partial charge in [-0.15, -0.1) is 0 Å². The Labute approximate surface area is 361 Å².